The maximum Gasteiger partial charge on any atom is 0.378 e. The van der Waals surface area contributed by atoms with E-state index in [4.69, 9.17) is 0 Å². The fourth-order valence-corrected chi connectivity index (χ4v) is 3.72. The third kappa shape index (κ3) is 1.89. The zero-order chi connectivity index (χ0) is 22.7. The van der Waals surface area contributed by atoms with Crippen LogP contribution in [0.15, 0.2) is 0 Å². The summed E-state index contributed by atoms with van der Waals surface area (Å²) in [5.74, 6) is -64.0. The Balaban J connectivity index is 3.04. The van der Waals surface area contributed by atoms with Gasteiger partial charge in [0.15, 0.2) is 0 Å². The molecule has 3 unspecified atom stereocenters. The number of rotatable bonds is 1. The van der Waals surface area contributed by atoms with Crippen LogP contribution >= 0.6 is 0 Å². The van der Waals surface area contributed by atoms with E-state index in [1.165, 1.54) is 0 Å². The van der Waals surface area contributed by atoms with Gasteiger partial charge in [-0.1, -0.05) is 13.8 Å². The van der Waals surface area contributed by atoms with Gasteiger partial charge in [0.05, 0.1) is 0 Å². The Kier molecular flexibility index (Phi) is 4.28. The molecule has 0 radical (unpaired) electrons. The minimum Gasteiger partial charge on any atom is -0.230 e. The Labute approximate surface area is 146 Å². The molecule has 2 aliphatic carbocycles. The van der Waals surface area contributed by atoms with E-state index in [0.717, 1.165) is 0 Å². The van der Waals surface area contributed by atoms with E-state index in [1.54, 1.807) is 0 Å². The van der Waals surface area contributed by atoms with Crippen LogP contribution in [0.4, 0.5) is 65.9 Å². The van der Waals surface area contributed by atoms with Crippen molar-refractivity contribution in [2.45, 2.75) is 61.0 Å². The molecular weight excluding hydrogens is 441 g/mol. The lowest BCUT2D eigenvalue weighted by Gasteiger charge is -2.61. The highest BCUT2D eigenvalue weighted by Crippen LogP contribution is 2.76. The van der Waals surface area contributed by atoms with Crippen LogP contribution in [0, 0.1) is 17.8 Å². The molecule has 2 saturated carbocycles. The molecule has 0 amide bonds. The van der Waals surface area contributed by atoms with Gasteiger partial charge in [0.2, 0.25) is 5.67 Å². The summed E-state index contributed by atoms with van der Waals surface area (Å²) in [5, 5.41) is 0. The average Bonchev–Trinajstić information content (AvgIpc) is 2.47. The van der Waals surface area contributed by atoms with Crippen LogP contribution in [0.3, 0.4) is 0 Å². The van der Waals surface area contributed by atoms with Gasteiger partial charge < -0.3 is 0 Å². The zero-order valence-corrected chi connectivity index (χ0v) is 13.4. The first kappa shape index (κ1) is 23.2. The number of halogens is 15. The maximum atomic E-state index is 14.6. The van der Waals surface area contributed by atoms with Gasteiger partial charge in [-0.05, 0) is 5.92 Å². The lowest BCUT2D eigenvalue weighted by atomic mass is 9.54. The van der Waals surface area contributed by atoms with Crippen LogP contribution < -0.4 is 0 Å². The largest absolute Gasteiger partial charge is 0.378 e. The van der Waals surface area contributed by atoms with E-state index >= 15 is 0 Å². The lowest BCUT2D eigenvalue weighted by Crippen LogP contribution is -2.87. The summed E-state index contributed by atoms with van der Waals surface area (Å²) in [7, 11) is 0. The topological polar surface area (TPSA) is 0 Å². The molecule has 2 fully saturated rings. The Hall–Kier alpha value is -1.05. The molecule has 15 heteroatoms. The Morgan fingerprint density at radius 1 is 0.429 bits per heavy atom. The third-order valence-electron chi connectivity index (χ3n) is 5.28. The van der Waals surface area contributed by atoms with Gasteiger partial charge in [-0.3, -0.25) is 0 Å². The highest BCUT2D eigenvalue weighted by Gasteiger charge is 3.01. The van der Waals surface area contributed by atoms with Crippen molar-refractivity contribution in [3.8, 4) is 0 Å². The molecule has 0 nitrogen and oxygen atoms in total. The minimum absolute atomic E-state index is 0.0457. The summed E-state index contributed by atoms with van der Waals surface area (Å²) in [6, 6.07) is 0. The van der Waals surface area contributed by atoms with Gasteiger partial charge in [0.25, 0.3) is 5.92 Å². The number of alkyl halides is 15. The second-order valence-electron chi connectivity index (χ2n) is 7.04. The number of hydrogen-bond acceptors (Lipinski definition) is 0. The van der Waals surface area contributed by atoms with Crippen LogP contribution in [-0.4, -0.2) is 47.1 Å². The Morgan fingerprint density at radius 3 is 0.964 bits per heavy atom. The van der Waals surface area contributed by atoms with E-state index in [1.807, 2.05) is 0 Å². The van der Waals surface area contributed by atoms with Crippen LogP contribution in [0.5, 0.6) is 0 Å². The van der Waals surface area contributed by atoms with Crippen molar-refractivity contribution in [2.24, 2.45) is 17.8 Å². The summed E-state index contributed by atoms with van der Waals surface area (Å²) >= 11 is 0. The standard InChI is InChI=1S/C13H9F15/c1-3(2)6(14)7(15,16)4-5(8(17,18)11(6,23)24)10(21,22)13(27,28)12(25,26)9(4,19)20/h3-5H,1-2H3. The van der Waals surface area contributed by atoms with Gasteiger partial charge >= 0.3 is 35.5 Å². The van der Waals surface area contributed by atoms with Crippen LogP contribution in [0.1, 0.15) is 13.8 Å². The monoisotopic (exact) mass is 450 g/mol. The average molecular weight is 450 g/mol. The highest BCUT2D eigenvalue weighted by atomic mass is 19.4. The lowest BCUT2D eigenvalue weighted by molar-refractivity contribution is -0.504. The zero-order valence-electron chi connectivity index (χ0n) is 13.4. The fraction of sp³-hybridized carbons (Fsp3) is 1.00. The van der Waals surface area contributed by atoms with Gasteiger partial charge in [-0.25, -0.2) is 13.2 Å². The van der Waals surface area contributed by atoms with Crippen molar-refractivity contribution in [1.82, 2.24) is 0 Å². The minimum atomic E-state index is -7.44. The molecular formula is C13H9F15. The second kappa shape index (κ2) is 5.16. The summed E-state index contributed by atoms with van der Waals surface area (Å²) in [6.07, 6.45) is 0. The van der Waals surface area contributed by atoms with Crippen molar-refractivity contribution < 1.29 is 65.9 Å². The first-order chi connectivity index (χ1) is 11.9. The van der Waals surface area contributed by atoms with Crippen LogP contribution in [0.25, 0.3) is 0 Å². The molecule has 166 valence electrons. The first-order valence-corrected chi connectivity index (χ1v) is 7.27. The van der Waals surface area contributed by atoms with Crippen molar-refractivity contribution in [3.63, 3.8) is 0 Å². The molecule has 0 bridgehead atoms. The molecule has 0 saturated heterocycles. The Bertz CT molecular complexity index is 663. The molecule has 2 aliphatic rings. The van der Waals surface area contributed by atoms with Crippen molar-refractivity contribution in [1.29, 1.82) is 0 Å². The first-order valence-electron chi connectivity index (χ1n) is 7.27. The van der Waals surface area contributed by atoms with E-state index in [9.17, 15) is 65.9 Å². The van der Waals surface area contributed by atoms with Crippen LogP contribution in [0.2, 0.25) is 0 Å². The molecule has 0 aromatic heterocycles. The predicted octanol–water partition coefficient (Wildman–Crippen LogP) is 6.06. The Morgan fingerprint density at radius 2 is 0.679 bits per heavy atom. The molecule has 3 atom stereocenters. The molecule has 0 aliphatic heterocycles. The smallest absolute Gasteiger partial charge is 0.230 e. The normalized spacial score (nSPS) is 41.4. The molecule has 0 N–H and O–H groups in total. The van der Waals surface area contributed by atoms with Crippen molar-refractivity contribution in [3.05, 3.63) is 0 Å². The van der Waals surface area contributed by atoms with Gasteiger partial charge in [-0.2, -0.15) is 52.7 Å². The van der Waals surface area contributed by atoms with Crippen molar-refractivity contribution >= 4 is 0 Å². The number of hydrogen-bond donors (Lipinski definition) is 0. The summed E-state index contributed by atoms with van der Waals surface area (Å²) in [6.45, 7) is 0.0914. The van der Waals surface area contributed by atoms with Gasteiger partial charge in [-0.15, -0.1) is 0 Å². The molecule has 0 spiro atoms. The van der Waals surface area contributed by atoms with E-state index in [-0.39, 0.29) is 13.8 Å². The quantitative estimate of drug-likeness (QED) is 0.427. The molecule has 2 rings (SSSR count). The second-order valence-corrected chi connectivity index (χ2v) is 7.04. The van der Waals surface area contributed by atoms with E-state index < -0.39 is 64.9 Å². The van der Waals surface area contributed by atoms with Crippen LogP contribution in [-0.2, 0) is 0 Å². The summed E-state index contributed by atoms with van der Waals surface area (Å²) < 4.78 is 208. The number of fused-ring (bicyclic) bond motifs is 1. The van der Waals surface area contributed by atoms with Crippen molar-refractivity contribution in [2.75, 3.05) is 0 Å². The highest BCUT2D eigenvalue weighted by molar-refractivity contribution is 5.30. The predicted molar refractivity (Wildman–Crippen MR) is 60.3 cm³/mol. The molecule has 0 heterocycles. The van der Waals surface area contributed by atoms with E-state index in [2.05, 4.69) is 0 Å². The van der Waals surface area contributed by atoms with Gasteiger partial charge in [0, 0.05) is 0 Å². The summed E-state index contributed by atoms with van der Waals surface area (Å²) in [4.78, 5) is 0. The molecule has 0 aromatic rings. The van der Waals surface area contributed by atoms with E-state index in [0.29, 0.717) is 0 Å². The van der Waals surface area contributed by atoms with Gasteiger partial charge in [0.1, 0.15) is 11.8 Å². The molecule has 28 heavy (non-hydrogen) atoms. The maximum absolute atomic E-state index is 14.6. The SMILES string of the molecule is CC(C)C1(F)C(F)(F)C2C(C(F)(F)C(F)(F)C(F)(F)C2(F)F)C(F)(F)C1(F)F. The fourth-order valence-electron chi connectivity index (χ4n) is 3.72. The summed E-state index contributed by atoms with van der Waals surface area (Å²) in [5.41, 5.74) is -6.05. The molecule has 0 aromatic carbocycles. The third-order valence-corrected chi connectivity index (χ3v) is 5.28.